The fraction of sp³-hybridized carbons (Fsp3) is 0.667. The molecular formula is C27H41N5O7. The number of epoxide rings is 1. The molecule has 0 aromatic heterocycles. The van der Waals surface area contributed by atoms with Gasteiger partial charge >= 0.3 is 5.97 Å². The number of hydrogen-bond donors (Lipinski definition) is 3. The monoisotopic (exact) mass is 547 g/mol. The Balaban J connectivity index is 1.59. The highest BCUT2D eigenvalue weighted by molar-refractivity contribution is 5.98. The van der Waals surface area contributed by atoms with Gasteiger partial charge in [-0.25, -0.2) is 4.79 Å². The van der Waals surface area contributed by atoms with Crippen LogP contribution in [-0.2, 0) is 33.4 Å². The second kappa shape index (κ2) is 13.6. The molecule has 3 aliphatic rings. The molecule has 3 heterocycles. The summed E-state index contributed by atoms with van der Waals surface area (Å²) in [4.78, 5) is 67.4. The molecule has 6 atom stereocenters. The summed E-state index contributed by atoms with van der Waals surface area (Å²) in [6.45, 7) is 8.75. The van der Waals surface area contributed by atoms with Gasteiger partial charge in [0.25, 0.3) is 17.7 Å². The van der Waals surface area contributed by atoms with E-state index in [9.17, 15) is 24.0 Å². The predicted molar refractivity (Wildman–Crippen MR) is 142 cm³/mol. The number of rotatable bonds is 12. The van der Waals surface area contributed by atoms with Crippen molar-refractivity contribution >= 4 is 29.6 Å². The van der Waals surface area contributed by atoms with Crippen molar-refractivity contribution in [2.75, 3.05) is 26.7 Å². The molecule has 2 fully saturated rings. The van der Waals surface area contributed by atoms with Crippen LogP contribution < -0.4 is 16.0 Å². The summed E-state index contributed by atoms with van der Waals surface area (Å²) in [7, 11) is 1.85. The van der Waals surface area contributed by atoms with Crippen molar-refractivity contribution in [3.8, 4) is 0 Å². The summed E-state index contributed by atoms with van der Waals surface area (Å²) in [5, 5.41) is 8.10. The lowest BCUT2D eigenvalue weighted by Crippen LogP contribution is -2.55. The highest BCUT2D eigenvalue weighted by atomic mass is 16.6. The summed E-state index contributed by atoms with van der Waals surface area (Å²) in [6.07, 6.45) is 4.93. The molecule has 0 spiro atoms. The van der Waals surface area contributed by atoms with Crippen LogP contribution in [0.25, 0.3) is 0 Å². The third-order valence-electron chi connectivity index (χ3n) is 7.08. The Morgan fingerprint density at radius 2 is 1.82 bits per heavy atom. The van der Waals surface area contributed by atoms with Gasteiger partial charge in [0.15, 0.2) is 18.4 Å². The van der Waals surface area contributed by atoms with Crippen molar-refractivity contribution < 1.29 is 33.4 Å². The van der Waals surface area contributed by atoms with Crippen LogP contribution in [0.15, 0.2) is 23.9 Å². The summed E-state index contributed by atoms with van der Waals surface area (Å²) in [5.74, 6) is -2.49. The van der Waals surface area contributed by atoms with Gasteiger partial charge in [-0.1, -0.05) is 39.3 Å². The molecule has 12 heteroatoms. The minimum Gasteiger partial charge on any atom is -0.440 e. The number of ether oxygens (including phenoxy) is 2. The number of likely N-dealkylation sites (tertiary alicyclic amines) is 1. The molecule has 0 aliphatic carbocycles. The fourth-order valence-corrected chi connectivity index (χ4v) is 4.60. The van der Waals surface area contributed by atoms with E-state index in [0.29, 0.717) is 44.5 Å². The lowest BCUT2D eigenvalue weighted by Gasteiger charge is -2.31. The Morgan fingerprint density at radius 1 is 1.10 bits per heavy atom. The van der Waals surface area contributed by atoms with Crippen molar-refractivity contribution in [3.05, 3.63) is 23.9 Å². The molecule has 3 N–H and O–H groups in total. The van der Waals surface area contributed by atoms with E-state index in [0.717, 1.165) is 6.42 Å². The summed E-state index contributed by atoms with van der Waals surface area (Å²) in [6, 6.07) is -1.72. The maximum Gasteiger partial charge on any atom is 0.330 e. The molecule has 12 nitrogen and oxygen atoms in total. The van der Waals surface area contributed by atoms with E-state index in [2.05, 4.69) is 16.0 Å². The molecule has 2 saturated heterocycles. The van der Waals surface area contributed by atoms with E-state index in [1.54, 1.807) is 19.2 Å². The maximum absolute atomic E-state index is 13.6. The van der Waals surface area contributed by atoms with Gasteiger partial charge in [-0.3, -0.25) is 19.2 Å². The molecule has 4 amide bonds. The molecule has 3 aliphatic heterocycles. The van der Waals surface area contributed by atoms with Gasteiger partial charge < -0.3 is 35.2 Å². The lowest BCUT2D eigenvalue weighted by atomic mass is 9.97. The highest BCUT2D eigenvalue weighted by Gasteiger charge is 2.51. The smallest absolute Gasteiger partial charge is 0.330 e. The van der Waals surface area contributed by atoms with Crippen LogP contribution in [-0.4, -0.2) is 96.6 Å². The van der Waals surface area contributed by atoms with Crippen LogP contribution in [0.4, 0.5) is 0 Å². The molecule has 0 aromatic rings. The summed E-state index contributed by atoms with van der Waals surface area (Å²) < 4.78 is 10.8. The van der Waals surface area contributed by atoms with E-state index < -0.39 is 42.4 Å². The second-order valence-corrected chi connectivity index (χ2v) is 10.3. The maximum atomic E-state index is 13.6. The Hall–Kier alpha value is -3.41. The quantitative estimate of drug-likeness (QED) is 0.178. The Kier molecular flexibility index (Phi) is 10.5. The lowest BCUT2D eigenvalue weighted by molar-refractivity contribution is -0.160. The fourth-order valence-electron chi connectivity index (χ4n) is 4.60. The normalized spacial score (nSPS) is 24.2. The van der Waals surface area contributed by atoms with E-state index in [-0.39, 0.29) is 23.6 Å². The number of carbonyl (C=O) groups is 5. The average Bonchev–Trinajstić information content (AvgIpc) is 3.57. The third kappa shape index (κ3) is 7.81. The Morgan fingerprint density at radius 3 is 2.49 bits per heavy atom. The third-order valence-corrected chi connectivity index (χ3v) is 7.08. The number of likely N-dealkylation sites (N-methyl/N-ethyl adjacent to an activating group) is 1. The van der Waals surface area contributed by atoms with Crippen LogP contribution in [0, 0.1) is 5.92 Å². The van der Waals surface area contributed by atoms with Crippen molar-refractivity contribution in [2.45, 2.75) is 83.9 Å². The van der Waals surface area contributed by atoms with Crippen LogP contribution in [0.1, 0.15) is 53.4 Å². The first-order chi connectivity index (χ1) is 18.6. The molecule has 0 radical (unpaired) electrons. The van der Waals surface area contributed by atoms with Crippen molar-refractivity contribution in [1.29, 1.82) is 0 Å². The van der Waals surface area contributed by atoms with Gasteiger partial charge in [-0.2, -0.15) is 0 Å². The van der Waals surface area contributed by atoms with Gasteiger partial charge in [0, 0.05) is 32.9 Å². The molecule has 6 unspecified atom stereocenters. The zero-order valence-corrected chi connectivity index (χ0v) is 23.4. The van der Waals surface area contributed by atoms with Gasteiger partial charge in [0.05, 0.1) is 5.57 Å². The number of esters is 1. The minimum atomic E-state index is -0.945. The standard InChI is InChI=1S/C27H41N5O7/c1-6-12-28-24(34)21-22(39-21)25(35)30-20(16(3)7-2)26(36)32-14-9-11-19(32)27(37)38-17(4)29-23(33)18-10-8-13-31(5)15-18/h8,10,15-17,19-22H,6-7,9,11-14H2,1-5H3,(H,28,34)(H,29,33)(H,30,35). The van der Waals surface area contributed by atoms with Gasteiger partial charge in [0.2, 0.25) is 5.91 Å². The first kappa shape index (κ1) is 30.1. The number of hydrogen-bond acceptors (Lipinski definition) is 8. The van der Waals surface area contributed by atoms with Crippen LogP contribution in [0.3, 0.4) is 0 Å². The molecule has 39 heavy (non-hydrogen) atoms. The molecule has 0 aromatic carbocycles. The predicted octanol–water partition coefficient (Wildman–Crippen LogP) is 0.193. The van der Waals surface area contributed by atoms with Crippen LogP contribution in [0.5, 0.6) is 0 Å². The summed E-state index contributed by atoms with van der Waals surface area (Å²) in [5.41, 5.74) is 0.446. The first-order valence-electron chi connectivity index (χ1n) is 13.7. The Labute approximate surface area is 229 Å². The van der Waals surface area contributed by atoms with Crippen molar-refractivity contribution in [2.24, 2.45) is 5.92 Å². The van der Waals surface area contributed by atoms with E-state index >= 15 is 0 Å². The largest absolute Gasteiger partial charge is 0.440 e. The van der Waals surface area contributed by atoms with Crippen LogP contribution >= 0.6 is 0 Å². The van der Waals surface area contributed by atoms with Crippen molar-refractivity contribution in [1.82, 2.24) is 25.8 Å². The number of nitrogens with zero attached hydrogens (tertiary/aromatic N) is 2. The molecule has 0 bridgehead atoms. The summed E-state index contributed by atoms with van der Waals surface area (Å²) >= 11 is 0. The molecule has 3 rings (SSSR count). The van der Waals surface area contributed by atoms with E-state index in [4.69, 9.17) is 9.47 Å². The van der Waals surface area contributed by atoms with Gasteiger partial charge in [-0.05, 0) is 32.1 Å². The molecular weight excluding hydrogens is 506 g/mol. The molecule has 216 valence electrons. The number of carbonyl (C=O) groups excluding carboxylic acids is 5. The Bertz CT molecular complexity index is 1010. The SMILES string of the molecule is CCCNC(=O)C1OC1C(=O)NC(C(=O)N1CCCC1C(=O)OC(C)NC(=O)C1=CN(C)CC=C1)C(C)CC. The number of amides is 4. The van der Waals surface area contributed by atoms with Gasteiger partial charge in [0.1, 0.15) is 12.1 Å². The zero-order chi connectivity index (χ0) is 28.7. The topological polar surface area (TPSA) is 150 Å². The van der Waals surface area contributed by atoms with Crippen molar-refractivity contribution in [3.63, 3.8) is 0 Å². The highest BCUT2D eigenvalue weighted by Crippen LogP contribution is 2.25. The van der Waals surface area contributed by atoms with E-state index in [1.807, 2.05) is 38.8 Å². The molecule has 0 saturated carbocycles. The van der Waals surface area contributed by atoms with Gasteiger partial charge in [-0.15, -0.1) is 0 Å². The second-order valence-electron chi connectivity index (χ2n) is 10.3. The first-order valence-corrected chi connectivity index (χ1v) is 13.7. The number of nitrogens with one attached hydrogen (secondary N) is 3. The minimum absolute atomic E-state index is 0.224. The van der Waals surface area contributed by atoms with E-state index in [1.165, 1.54) is 4.90 Å². The van der Waals surface area contributed by atoms with Crippen LogP contribution in [0.2, 0.25) is 0 Å². The average molecular weight is 548 g/mol. The zero-order valence-electron chi connectivity index (χ0n) is 23.4.